The quantitative estimate of drug-likeness (QED) is 0.527. The molecule has 0 spiro atoms. The fourth-order valence-corrected chi connectivity index (χ4v) is 3.41. The van der Waals surface area contributed by atoms with Gasteiger partial charge in [-0.25, -0.2) is 0 Å². The summed E-state index contributed by atoms with van der Waals surface area (Å²) in [7, 11) is 1.59. The molecule has 0 atom stereocenters. The number of methoxy groups -OCH3 is 1. The van der Waals surface area contributed by atoms with Gasteiger partial charge in [0, 0.05) is 19.6 Å². The maximum atomic E-state index is 11.1. The summed E-state index contributed by atoms with van der Waals surface area (Å²) in [5.41, 5.74) is 15.9. The summed E-state index contributed by atoms with van der Waals surface area (Å²) < 4.78 is 11.3. The van der Waals surface area contributed by atoms with Crippen LogP contribution in [0.4, 0.5) is 0 Å². The molecule has 0 radical (unpaired) electrons. The van der Waals surface area contributed by atoms with Gasteiger partial charge in [0.05, 0.1) is 13.5 Å². The molecule has 0 aliphatic heterocycles. The van der Waals surface area contributed by atoms with Crippen molar-refractivity contribution < 1.29 is 14.3 Å². The monoisotopic (exact) mass is 413 g/mol. The summed E-state index contributed by atoms with van der Waals surface area (Å²) in [6.07, 6.45) is 2.31. The first-order valence-corrected chi connectivity index (χ1v) is 10.5. The summed E-state index contributed by atoms with van der Waals surface area (Å²) in [5, 5.41) is 0. The third kappa shape index (κ3) is 7.69. The number of nitrogens with zero attached hydrogens (tertiary/aromatic N) is 1. The van der Waals surface area contributed by atoms with Gasteiger partial charge >= 0.3 is 0 Å². The van der Waals surface area contributed by atoms with Crippen LogP contribution in [-0.2, 0) is 17.6 Å². The predicted molar refractivity (Wildman–Crippen MR) is 121 cm³/mol. The van der Waals surface area contributed by atoms with Crippen molar-refractivity contribution in [1.82, 2.24) is 4.90 Å². The predicted octanol–water partition coefficient (Wildman–Crippen LogP) is 2.61. The van der Waals surface area contributed by atoms with Crippen LogP contribution < -0.4 is 20.9 Å². The summed E-state index contributed by atoms with van der Waals surface area (Å²) >= 11 is 0. The van der Waals surface area contributed by atoms with Gasteiger partial charge in [0.25, 0.3) is 0 Å². The van der Waals surface area contributed by atoms with Crippen LogP contribution in [0.15, 0.2) is 36.4 Å². The highest BCUT2D eigenvalue weighted by Gasteiger charge is 2.09. The molecule has 0 unspecified atom stereocenters. The molecule has 6 nitrogen and oxygen atoms in total. The van der Waals surface area contributed by atoms with Gasteiger partial charge in [-0.3, -0.25) is 9.69 Å². The second-order valence-corrected chi connectivity index (χ2v) is 7.63. The number of carbonyl (C=O) groups is 1. The van der Waals surface area contributed by atoms with Gasteiger partial charge in [-0.05, 0) is 67.6 Å². The van der Waals surface area contributed by atoms with Crippen LogP contribution in [0.25, 0.3) is 0 Å². The third-order valence-corrected chi connectivity index (χ3v) is 5.23. The van der Waals surface area contributed by atoms with E-state index in [9.17, 15) is 4.79 Å². The number of amides is 1. The fourth-order valence-electron chi connectivity index (χ4n) is 3.41. The SMILES string of the molecule is COc1cc(CC(N)=O)ccc1OCCN(CCN)CCCc1ccc(C)c(C)c1. The third-order valence-electron chi connectivity index (χ3n) is 5.23. The van der Waals surface area contributed by atoms with Gasteiger partial charge in [0.15, 0.2) is 11.5 Å². The van der Waals surface area contributed by atoms with Crippen molar-refractivity contribution in [3.05, 3.63) is 58.7 Å². The highest BCUT2D eigenvalue weighted by atomic mass is 16.5. The molecule has 0 aliphatic rings. The summed E-state index contributed by atoms with van der Waals surface area (Å²) in [4.78, 5) is 13.4. The standard InChI is InChI=1S/C24H35N3O3/c1-18-6-7-20(15-19(18)2)5-4-11-27(12-10-25)13-14-30-22-9-8-21(17-24(26)28)16-23(22)29-3/h6-9,15-16H,4-5,10-14,17,25H2,1-3H3,(H2,26,28). The minimum absolute atomic E-state index is 0.182. The van der Waals surface area contributed by atoms with Crippen LogP contribution in [0.5, 0.6) is 11.5 Å². The Kier molecular flexibility index (Phi) is 9.64. The molecule has 0 aliphatic carbocycles. The van der Waals surface area contributed by atoms with Crippen molar-refractivity contribution in [3.63, 3.8) is 0 Å². The molecule has 2 aromatic rings. The number of hydrogen-bond acceptors (Lipinski definition) is 5. The minimum Gasteiger partial charge on any atom is -0.493 e. The Bertz CT molecular complexity index is 823. The van der Waals surface area contributed by atoms with Gasteiger partial charge in [-0.2, -0.15) is 0 Å². The number of nitrogens with two attached hydrogens (primary N) is 2. The van der Waals surface area contributed by atoms with E-state index >= 15 is 0 Å². The van der Waals surface area contributed by atoms with E-state index in [4.69, 9.17) is 20.9 Å². The molecule has 2 rings (SSSR count). The molecule has 0 saturated carbocycles. The van der Waals surface area contributed by atoms with Crippen molar-refractivity contribution in [1.29, 1.82) is 0 Å². The van der Waals surface area contributed by atoms with E-state index in [1.807, 2.05) is 12.1 Å². The fraction of sp³-hybridized carbons (Fsp3) is 0.458. The molecule has 6 heteroatoms. The van der Waals surface area contributed by atoms with E-state index in [1.165, 1.54) is 16.7 Å². The first-order valence-electron chi connectivity index (χ1n) is 10.5. The van der Waals surface area contributed by atoms with Crippen LogP contribution in [-0.4, -0.2) is 50.7 Å². The van der Waals surface area contributed by atoms with Crippen LogP contribution in [0.1, 0.15) is 28.7 Å². The molecular formula is C24H35N3O3. The van der Waals surface area contributed by atoms with Gasteiger partial charge < -0.3 is 20.9 Å². The van der Waals surface area contributed by atoms with Gasteiger partial charge in [0.1, 0.15) is 6.61 Å². The largest absolute Gasteiger partial charge is 0.493 e. The Balaban J connectivity index is 1.83. The van der Waals surface area contributed by atoms with Crippen molar-refractivity contribution in [2.75, 3.05) is 39.9 Å². The molecule has 0 bridgehead atoms. The Morgan fingerprint density at radius 1 is 0.967 bits per heavy atom. The molecule has 30 heavy (non-hydrogen) atoms. The summed E-state index contributed by atoms with van der Waals surface area (Å²) in [6, 6.07) is 12.1. The second kappa shape index (κ2) is 12.2. The molecular weight excluding hydrogens is 378 g/mol. The zero-order chi connectivity index (χ0) is 21.9. The Labute approximate surface area is 180 Å². The van der Waals surface area contributed by atoms with Gasteiger partial charge in [-0.15, -0.1) is 0 Å². The number of rotatable bonds is 13. The average molecular weight is 414 g/mol. The van der Waals surface area contributed by atoms with Crippen LogP contribution in [0.2, 0.25) is 0 Å². The molecule has 1 amide bonds. The minimum atomic E-state index is -0.371. The van der Waals surface area contributed by atoms with Crippen LogP contribution >= 0.6 is 0 Å². The summed E-state index contributed by atoms with van der Waals surface area (Å²) in [6.45, 7) is 8.06. The smallest absolute Gasteiger partial charge is 0.221 e. The van der Waals surface area contributed by atoms with Crippen LogP contribution in [0.3, 0.4) is 0 Å². The lowest BCUT2D eigenvalue weighted by atomic mass is 10.0. The van der Waals surface area contributed by atoms with E-state index in [0.29, 0.717) is 24.7 Å². The van der Waals surface area contributed by atoms with Crippen LogP contribution in [0, 0.1) is 13.8 Å². The van der Waals surface area contributed by atoms with E-state index in [2.05, 4.69) is 36.9 Å². The lowest BCUT2D eigenvalue weighted by Gasteiger charge is -2.22. The van der Waals surface area contributed by atoms with Gasteiger partial charge in [0.2, 0.25) is 5.91 Å². The molecule has 164 valence electrons. The number of carbonyl (C=O) groups excluding carboxylic acids is 1. The molecule has 0 heterocycles. The normalized spacial score (nSPS) is 11.0. The molecule has 0 saturated heterocycles. The highest BCUT2D eigenvalue weighted by molar-refractivity contribution is 5.76. The lowest BCUT2D eigenvalue weighted by molar-refractivity contribution is -0.117. The number of primary amides is 1. The second-order valence-electron chi connectivity index (χ2n) is 7.63. The van der Waals surface area contributed by atoms with E-state index in [1.54, 1.807) is 13.2 Å². The van der Waals surface area contributed by atoms with E-state index in [-0.39, 0.29) is 12.3 Å². The number of benzene rings is 2. The Morgan fingerprint density at radius 3 is 2.40 bits per heavy atom. The molecule has 0 fully saturated rings. The first-order chi connectivity index (χ1) is 14.4. The zero-order valence-corrected chi connectivity index (χ0v) is 18.4. The lowest BCUT2D eigenvalue weighted by Crippen LogP contribution is -2.34. The van der Waals surface area contributed by atoms with Crippen molar-refractivity contribution in [2.45, 2.75) is 33.1 Å². The first kappa shape index (κ1) is 23.7. The number of hydrogen-bond donors (Lipinski definition) is 2. The average Bonchev–Trinajstić information content (AvgIpc) is 2.71. The Hall–Kier alpha value is -2.57. The molecule has 4 N–H and O–H groups in total. The van der Waals surface area contributed by atoms with Crippen molar-refractivity contribution in [3.8, 4) is 11.5 Å². The summed E-state index contributed by atoms with van der Waals surface area (Å²) in [5.74, 6) is 0.895. The van der Waals surface area contributed by atoms with Crippen molar-refractivity contribution >= 4 is 5.91 Å². The zero-order valence-electron chi connectivity index (χ0n) is 18.4. The Morgan fingerprint density at radius 2 is 1.73 bits per heavy atom. The molecule has 0 aromatic heterocycles. The van der Waals surface area contributed by atoms with Crippen molar-refractivity contribution in [2.24, 2.45) is 11.5 Å². The topological polar surface area (TPSA) is 90.8 Å². The maximum Gasteiger partial charge on any atom is 0.221 e. The molecule has 2 aromatic carbocycles. The number of ether oxygens (including phenoxy) is 2. The highest BCUT2D eigenvalue weighted by Crippen LogP contribution is 2.28. The van der Waals surface area contributed by atoms with Gasteiger partial charge in [-0.1, -0.05) is 24.3 Å². The van der Waals surface area contributed by atoms with E-state index < -0.39 is 0 Å². The maximum absolute atomic E-state index is 11.1. The van der Waals surface area contributed by atoms with E-state index in [0.717, 1.165) is 38.0 Å². The number of aryl methyl sites for hydroxylation is 3.